The van der Waals surface area contributed by atoms with Crippen molar-refractivity contribution in [3.8, 4) is 5.75 Å². The van der Waals surface area contributed by atoms with Crippen LogP contribution in [0, 0.1) is 5.41 Å². The summed E-state index contributed by atoms with van der Waals surface area (Å²) < 4.78 is 5.41. The van der Waals surface area contributed by atoms with E-state index in [1.165, 1.54) is 0 Å². The van der Waals surface area contributed by atoms with E-state index in [2.05, 4.69) is 13.8 Å². The van der Waals surface area contributed by atoms with Crippen molar-refractivity contribution in [1.29, 1.82) is 0 Å². The summed E-state index contributed by atoms with van der Waals surface area (Å²) in [7, 11) is 0. The van der Waals surface area contributed by atoms with Crippen molar-refractivity contribution >= 4 is 5.78 Å². The lowest BCUT2D eigenvalue weighted by Crippen LogP contribution is -2.18. The summed E-state index contributed by atoms with van der Waals surface area (Å²) in [5.74, 6) is 0.932. The van der Waals surface area contributed by atoms with Gasteiger partial charge in [0.2, 0.25) is 0 Å². The maximum absolute atomic E-state index is 12.2. The highest BCUT2D eigenvalue weighted by Crippen LogP contribution is 2.27. The first kappa shape index (κ1) is 15.7. The van der Waals surface area contributed by atoms with Gasteiger partial charge < -0.3 is 10.5 Å². The summed E-state index contributed by atoms with van der Waals surface area (Å²) >= 11 is 0. The normalized spacial score (nSPS) is 11.4. The molecule has 0 amide bonds. The van der Waals surface area contributed by atoms with Crippen LogP contribution in [0.25, 0.3) is 0 Å². The van der Waals surface area contributed by atoms with Crippen LogP contribution in [0.5, 0.6) is 5.75 Å². The van der Waals surface area contributed by atoms with Gasteiger partial charge in [0.05, 0.1) is 6.61 Å². The van der Waals surface area contributed by atoms with Crippen LogP contribution in [0.1, 0.15) is 50.4 Å². The first-order valence-corrected chi connectivity index (χ1v) is 6.94. The van der Waals surface area contributed by atoms with Crippen LogP contribution in [0.2, 0.25) is 0 Å². The van der Waals surface area contributed by atoms with Crippen LogP contribution in [0.15, 0.2) is 24.3 Å². The molecule has 19 heavy (non-hydrogen) atoms. The highest BCUT2D eigenvalue weighted by Gasteiger charge is 2.19. The first-order valence-electron chi connectivity index (χ1n) is 6.94. The molecular formula is C16H25NO2. The van der Waals surface area contributed by atoms with Crippen molar-refractivity contribution in [1.82, 2.24) is 0 Å². The average molecular weight is 263 g/mol. The third-order valence-corrected chi connectivity index (χ3v) is 3.32. The second-order valence-electron chi connectivity index (χ2n) is 5.59. The minimum atomic E-state index is 0.127. The Balaban J connectivity index is 2.60. The second-order valence-corrected chi connectivity index (χ2v) is 5.59. The third-order valence-electron chi connectivity index (χ3n) is 3.32. The molecule has 0 bridgehead atoms. The molecule has 0 heterocycles. The Bertz CT molecular complexity index is 413. The van der Waals surface area contributed by atoms with Crippen LogP contribution in [-0.4, -0.2) is 18.9 Å². The number of Topliss-reactive ketones (excluding diaryl/α,β-unsaturated/α-hetero) is 1. The molecule has 1 aromatic carbocycles. The maximum atomic E-state index is 12.2. The number of ketones is 1. The zero-order valence-electron chi connectivity index (χ0n) is 12.2. The van der Waals surface area contributed by atoms with Gasteiger partial charge in [0, 0.05) is 12.0 Å². The van der Waals surface area contributed by atoms with E-state index in [9.17, 15) is 4.79 Å². The molecule has 0 fully saturated rings. The molecule has 0 spiro atoms. The SMILES string of the molecule is CCOc1cccc(C(=O)CCC(C)(C)CCN)c1. The largest absolute Gasteiger partial charge is 0.494 e. The first-order chi connectivity index (χ1) is 8.98. The Morgan fingerprint density at radius 2 is 2.05 bits per heavy atom. The number of ether oxygens (including phenoxy) is 1. The van der Waals surface area contributed by atoms with Gasteiger partial charge in [0.15, 0.2) is 5.78 Å². The Hall–Kier alpha value is -1.35. The summed E-state index contributed by atoms with van der Waals surface area (Å²) in [5, 5.41) is 0. The zero-order valence-corrected chi connectivity index (χ0v) is 12.2. The Morgan fingerprint density at radius 1 is 1.32 bits per heavy atom. The molecule has 0 aliphatic carbocycles. The van der Waals surface area contributed by atoms with Crippen molar-refractivity contribution in [2.24, 2.45) is 11.1 Å². The van der Waals surface area contributed by atoms with Gasteiger partial charge in [-0.15, -0.1) is 0 Å². The van der Waals surface area contributed by atoms with E-state index in [-0.39, 0.29) is 11.2 Å². The molecule has 0 saturated heterocycles. The predicted molar refractivity (Wildman–Crippen MR) is 78.6 cm³/mol. The quantitative estimate of drug-likeness (QED) is 0.731. The Kier molecular flexibility index (Phi) is 6.03. The number of hydrogen-bond donors (Lipinski definition) is 1. The summed E-state index contributed by atoms with van der Waals surface area (Å²) in [4.78, 5) is 12.2. The van der Waals surface area contributed by atoms with Crippen molar-refractivity contribution in [2.75, 3.05) is 13.2 Å². The Labute approximate surface area is 116 Å². The predicted octanol–water partition coefficient (Wildman–Crippen LogP) is 3.42. The molecule has 0 aliphatic heterocycles. The molecular weight excluding hydrogens is 238 g/mol. The highest BCUT2D eigenvalue weighted by atomic mass is 16.5. The number of hydrogen-bond acceptors (Lipinski definition) is 3. The molecule has 0 atom stereocenters. The van der Waals surface area contributed by atoms with Crippen molar-refractivity contribution in [3.05, 3.63) is 29.8 Å². The summed E-state index contributed by atoms with van der Waals surface area (Å²) in [6.45, 7) is 7.53. The fourth-order valence-electron chi connectivity index (χ4n) is 2.04. The number of benzene rings is 1. The molecule has 1 aromatic rings. The lowest BCUT2D eigenvalue weighted by atomic mass is 9.83. The van der Waals surface area contributed by atoms with Gasteiger partial charge in [0.25, 0.3) is 0 Å². The van der Waals surface area contributed by atoms with Crippen molar-refractivity contribution in [2.45, 2.75) is 40.0 Å². The smallest absolute Gasteiger partial charge is 0.163 e. The standard InChI is InChI=1S/C16H25NO2/c1-4-19-14-7-5-6-13(12-14)15(18)8-9-16(2,3)10-11-17/h5-7,12H,4,8-11,17H2,1-3H3. The fraction of sp³-hybridized carbons (Fsp3) is 0.562. The van der Waals surface area contributed by atoms with E-state index in [0.29, 0.717) is 19.6 Å². The molecule has 2 N–H and O–H groups in total. The second kappa shape index (κ2) is 7.29. The number of nitrogens with two attached hydrogens (primary N) is 1. The van der Waals surface area contributed by atoms with Crippen LogP contribution >= 0.6 is 0 Å². The van der Waals surface area contributed by atoms with Gasteiger partial charge in [-0.3, -0.25) is 4.79 Å². The lowest BCUT2D eigenvalue weighted by Gasteiger charge is -2.23. The third kappa shape index (κ3) is 5.43. The van der Waals surface area contributed by atoms with Crippen LogP contribution in [0.3, 0.4) is 0 Å². The minimum Gasteiger partial charge on any atom is -0.494 e. The molecule has 3 nitrogen and oxygen atoms in total. The number of rotatable bonds is 8. The van der Waals surface area contributed by atoms with Gasteiger partial charge in [-0.2, -0.15) is 0 Å². The van der Waals surface area contributed by atoms with Crippen LogP contribution in [-0.2, 0) is 0 Å². The summed E-state index contributed by atoms with van der Waals surface area (Å²) in [6.07, 6.45) is 2.36. The van der Waals surface area contributed by atoms with Crippen LogP contribution in [0.4, 0.5) is 0 Å². The van der Waals surface area contributed by atoms with Gasteiger partial charge in [-0.25, -0.2) is 0 Å². The summed E-state index contributed by atoms with van der Waals surface area (Å²) in [5.41, 5.74) is 6.44. The topological polar surface area (TPSA) is 52.3 Å². The average Bonchev–Trinajstić information content (AvgIpc) is 2.37. The monoisotopic (exact) mass is 263 g/mol. The van der Waals surface area contributed by atoms with Gasteiger partial charge in [-0.05, 0) is 43.9 Å². The maximum Gasteiger partial charge on any atom is 0.163 e. The minimum absolute atomic E-state index is 0.127. The van der Waals surface area contributed by atoms with Gasteiger partial charge in [-0.1, -0.05) is 26.0 Å². The van der Waals surface area contributed by atoms with E-state index < -0.39 is 0 Å². The van der Waals surface area contributed by atoms with Crippen molar-refractivity contribution < 1.29 is 9.53 Å². The van der Waals surface area contributed by atoms with Crippen molar-refractivity contribution in [3.63, 3.8) is 0 Å². The molecule has 0 radical (unpaired) electrons. The number of carbonyl (C=O) groups is 1. The molecule has 106 valence electrons. The van der Waals surface area contributed by atoms with E-state index in [1.54, 1.807) is 0 Å². The van der Waals surface area contributed by atoms with E-state index in [1.807, 2.05) is 31.2 Å². The number of carbonyl (C=O) groups excluding carboxylic acids is 1. The molecule has 0 unspecified atom stereocenters. The molecule has 0 aromatic heterocycles. The van der Waals surface area contributed by atoms with Gasteiger partial charge >= 0.3 is 0 Å². The zero-order chi connectivity index (χ0) is 14.3. The lowest BCUT2D eigenvalue weighted by molar-refractivity contribution is 0.0961. The molecule has 0 aliphatic rings. The van der Waals surface area contributed by atoms with E-state index in [4.69, 9.17) is 10.5 Å². The Morgan fingerprint density at radius 3 is 2.68 bits per heavy atom. The highest BCUT2D eigenvalue weighted by molar-refractivity contribution is 5.96. The molecule has 3 heteroatoms. The van der Waals surface area contributed by atoms with E-state index >= 15 is 0 Å². The van der Waals surface area contributed by atoms with Gasteiger partial charge in [0.1, 0.15) is 5.75 Å². The molecule has 1 rings (SSSR count). The molecule has 0 saturated carbocycles. The van der Waals surface area contributed by atoms with E-state index in [0.717, 1.165) is 24.2 Å². The fourth-order valence-corrected chi connectivity index (χ4v) is 2.04. The summed E-state index contributed by atoms with van der Waals surface area (Å²) in [6, 6.07) is 7.41. The van der Waals surface area contributed by atoms with Crippen LogP contribution < -0.4 is 10.5 Å².